The molecule has 1 amide bonds. The summed E-state index contributed by atoms with van der Waals surface area (Å²) in [5.74, 6) is -8.72. The lowest BCUT2D eigenvalue weighted by atomic mass is 9.67. The number of rotatable bonds is 12. The number of Topliss-reactive ketones (excluding diaryl/α,β-unsaturated/α-hetero) is 5. The molecule has 0 aromatic heterocycles. The van der Waals surface area contributed by atoms with Gasteiger partial charge in [-0.1, -0.05) is 35.3 Å². The molecular formula is C32H36Cl2N2O6. The van der Waals surface area contributed by atoms with Crippen LogP contribution < -0.4 is 5.32 Å². The Morgan fingerprint density at radius 3 is 1.95 bits per heavy atom. The molecule has 0 radical (unpaired) electrons. The molecule has 0 saturated heterocycles. The van der Waals surface area contributed by atoms with E-state index in [0.29, 0.717) is 22.3 Å². The second-order valence-electron chi connectivity index (χ2n) is 11.3. The van der Waals surface area contributed by atoms with Gasteiger partial charge >= 0.3 is 0 Å². The average Bonchev–Trinajstić information content (AvgIpc) is 2.87. The molecule has 1 N–H and O–H groups in total. The van der Waals surface area contributed by atoms with Crippen molar-refractivity contribution >= 4 is 63.7 Å². The Bertz CT molecular complexity index is 1420. The van der Waals surface area contributed by atoms with Crippen LogP contribution in [-0.2, 0) is 35.3 Å². The number of fused-ring (bicyclic) bond motifs is 1. The van der Waals surface area contributed by atoms with Crippen LogP contribution in [0, 0.1) is 23.7 Å². The number of hydrogen-bond donors (Lipinski definition) is 1. The van der Waals surface area contributed by atoms with Gasteiger partial charge in [-0.3, -0.25) is 24.0 Å². The van der Waals surface area contributed by atoms with Crippen LogP contribution in [0.15, 0.2) is 36.4 Å². The first-order valence-corrected chi connectivity index (χ1v) is 14.5. The minimum Gasteiger partial charge on any atom is -0.325 e. The molecule has 3 rings (SSSR count). The molecule has 5 atom stereocenters. The largest absolute Gasteiger partial charge is 0.325 e. The van der Waals surface area contributed by atoms with Crippen molar-refractivity contribution < 1.29 is 28.8 Å². The van der Waals surface area contributed by atoms with Gasteiger partial charge < -0.3 is 15.0 Å². The maximum absolute atomic E-state index is 13.5. The summed E-state index contributed by atoms with van der Waals surface area (Å²) in [7, 11) is 2.00. The Morgan fingerprint density at radius 2 is 1.45 bits per heavy atom. The summed E-state index contributed by atoms with van der Waals surface area (Å²) >= 11 is 12.8. The van der Waals surface area contributed by atoms with Crippen molar-refractivity contribution in [1.29, 1.82) is 0 Å². The van der Waals surface area contributed by atoms with Gasteiger partial charge in [0.2, 0.25) is 5.91 Å². The maximum Gasteiger partial charge on any atom is 0.235 e. The highest BCUT2D eigenvalue weighted by molar-refractivity contribution is 6.35. The summed E-state index contributed by atoms with van der Waals surface area (Å²) in [5.41, 5.74) is 3.39. The Hall–Kier alpha value is -3.20. The van der Waals surface area contributed by atoms with Crippen molar-refractivity contribution in [2.24, 2.45) is 23.7 Å². The zero-order chi connectivity index (χ0) is 31.5. The van der Waals surface area contributed by atoms with Crippen LogP contribution in [0.5, 0.6) is 0 Å². The van der Waals surface area contributed by atoms with Crippen molar-refractivity contribution in [3.63, 3.8) is 0 Å². The molecule has 42 heavy (non-hydrogen) atoms. The lowest BCUT2D eigenvalue weighted by Crippen LogP contribution is -2.47. The molecule has 1 unspecified atom stereocenters. The maximum atomic E-state index is 13.5. The molecule has 8 nitrogen and oxygen atoms in total. The molecule has 2 aromatic rings. The Kier molecular flexibility index (Phi) is 11.0. The van der Waals surface area contributed by atoms with E-state index in [1.807, 2.05) is 25.2 Å². The number of carbonyl (C=O) groups excluding carboxylic acids is 6. The first-order chi connectivity index (χ1) is 19.6. The van der Waals surface area contributed by atoms with Crippen molar-refractivity contribution in [3.8, 4) is 0 Å². The van der Waals surface area contributed by atoms with Crippen LogP contribution >= 0.6 is 23.2 Å². The van der Waals surface area contributed by atoms with Crippen molar-refractivity contribution in [3.05, 3.63) is 63.1 Å². The van der Waals surface area contributed by atoms with E-state index in [0.717, 1.165) is 23.2 Å². The number of nitrogens with one attached hydrogen (secondary N) is 1. The second kappa shape index (κ2) is 13.8. The number of likely N-dealkylation sites (N-methyl/N-ethyl adjacent to an activating group) is 1. The van der Waals surface area contributed by atoms with Crippen molar-refractivity contribution in [2.45, 2.75) is 53.5 Å². The predicted octanol–water partition coefficient (Wildman–Crippen LogP) is 5.31. The number of carbonyl (C=O) groups is 6. The van der Waals surface area contributed by atoms with E-state index in [2.05, 4.69) is 10.2 Å². The van der Waals surface area contributed by atoms with Gasteiger partial charge in [0, 0.05) is 58.9 Å². The Morgan fingerprint density at radius 1 is 0.857 bits per heavy atom. The van der Waals surface area contributed by atoms with E-state index in [9.17, 15) is 28.8 Å². The molecule has 0 fully saturated rings. The smallest absolute Gasteiger partial charge is 0.235 e. The minimum atomic E-state index is -1.53. The lowest BCUT2D eigenvalue weighted by Gasteiger charge is -2.33. The van der Waals surface area contributed by atoms with Gasteiger partial charge in [-0.25, -0.2) is 0 Å². The van der Waals surface area contributed by atoms with Gasteiger partial charge in [-0.05, 0) is 82.6 Å². The fourth-order valence-electron chi connectivity index (χ4n) is 6.06. The standard InChI is InChI=1S/C32H36Cl2N2O6/c1-16(37)11-24(17(2)38)29(18(3)39)30(19(4)40)31(20(5)41)32(42)35-23-9-7-21(8-10-23)26-14-36(6)15-27-25(26)12-22(33)13-28(27)34/h7-10,12-13,24,26,29-31H,11,14-15H2,1-6H3,(H,35,42)/t24-,26?,29+,30-,31-/m0/s1. The number of hydrogen-bond acceptors (Lipinski definition) is 7. The Balaban J connectivity index is 1.93. The first-order valence-electron chi connectivity index (χ1n) is 13.7. The second-order valence-corrected chi connectivity index (χ2v) is 12.1. The van der Waals surface area contributed by atoms with Gasteiger partial charge in [0.05, 0.1) is 0 Å². The molecular weight excluding hydrogens is 579 g/mol. The average molecular weight is 616 g/mol. The van der Waals surface area contributed by atoms with Crippen LogP contribution in [0.3, 0.4) is 0 Å². The van der Waals surface area contributed by atoms with Gasteiger partial charge in [0.25, 0.3) is 0 Å². The highest BCUT2D eigenvalue weighted by Crippen LogP contribution is 2.39. The van der Waals surface area contributed by atoms with E-state index in [1.165, 1.54) is 34.6 Å². The zero-order valence-electron chi connectivity index (χ0n) is 24.6. The molecule has 0 bridgehead atoms. The van der Waals surface area contributed by atoms with Crippen LogP contribution in [-0.4, -0.2) is 53.3 Å². The minimum absolute atomic E-state index is 0.0205. The molecule has 1 heterocycles. The monoisotopic (exact) mass is 614 g/mol. The van der Waals surface area contributed by atoms with E-state index in [1.54, 1.807) is 18.2 Å². The van der Waals surface area contributed by atoms with Crippen LogP contribution in [0.1, 0.15) is 63.6 Å². The number of halogens is 2. The molecule has 10 heteroatoms. The summed E-state index contributed by atoms with van der Waals surface area (Å²) in [5, 5.41) is 3.86. The van der Waals surface area contributed by atoms with Crippen LogP contribution in [0.4, 0.5) is 5.69 Å². The molecule has 1 aliphatic rings. The fourth-order valence-corrected chi connectivity index (χ4v) is 6.63. The highest BCUT2D eigenvalue weighted by Gasteiger charge is 2.46. The number of benzene rings is 2. The molecule has 2 aromatic carbocycles. The quantitative estimate of drug-likeness (QED) is 0.322. The van der Waals surface area contributed by atoms with E-state index >= 15 is 0 Å². The van der Waals surface area contributed by atoms with Gasteiger partial charge in [0.1, 0.15) is 34.8 Å². The van der Waals surface area contributed by atoms with E-state index < -0.39 is 52.7 Å². The predicted molar refractivity (Wildman–Crippen MR) is 162 cm³/mol. The van der Waals surface area contributed by atoms with Crippen molar-refractivity contribution in [1.82, 2.24) is 4.90 Å². The number of nitrogens with zero attached hydrogens (tertiary/aromatic N) is 1. The summed E-state index contributed by atoms with van der Waals surface area (Å²) < 4.78 is 0. The topological polar surface area (TPSA) is 118 Å². The van der Waals surface area contributed by atoms with Crippen LogP contribution in [0.2, 0.25) is 10.0 Å². The number of anilines is 1. The lowest BCUT2D eigenvalue weighted by molar-refractivity contribution is -0.146. The molecule has 0 aliphatic carbocycles. The van der Waals surface area contributed by atoms with E-state index in [4.69, 9.17) is 23.2 Å². The third-order valence-corrected chi connectivity index (χ3v) is 8.50. The fraction of sp³-hybridized carbons (Fsp3) is 0.438. The first kappa shape index (κ1) is 33.3. The molecule has 0 saturated carbocycles. The molecule has 224 valence electrons. The summed E-state index contributed by atoms with van der Waals surface area (Å²) in [6.45, 7) is 7.48. The third kappa shape index (κ3) is 7.60. The summed E-state index contributed by atoms with van der Waals surface area (Å²) in [6, 6.07) is 10.8. The van der Waals surface area contributed by atoms with Gasteiger partial charge in [-0.15, -0.1) is 0 Å². The van der Waals surface area contributed by atoms with Crippen LogP contribution in [0.25, 0.3) is 0 Å². The normalized spacial score (nSPS) is 17.8. The summed E-state index contributed by atoms with van der Waals surface area (Å²) in [6.07, 6.45) is -0.271. The third-order valence-electron chi connectivity index (χ3n) is 7.94. The Labute approximate surface area is 256 Å². The molecule has 1 aliphatic heterocycles. The number of amides is 1. The summed E-state index contributed by atoms with van der Waals surface area (Å²) in [4.78, 5) is 78.6. The van der Waals surface area contributed by atoms with Gasteiger partial charge in [-0.2, -0.15) is 0 Å². The van der Waals surface area contributed by atoms with Gasteiger partial charge in [0.15, 0.2) is 0 Å². The zero-order valence-corrected chi connectivity index (χ0v) is 26.1. The highest BCUT2D eigenvalue weighted by atomic mass is 35.5. The number of ketones is 5. The SMILES string of the molecule is CC(=O)C[C@@H](C(C)=O)[C@@H](C(C)=O)[C@H](C(C)=O)[C@H](C(C)=O)C(=O)Nc1ccc(C2CN(C)Cc3c(Cl)cc(Cl)cc32)cc1. The van der Waals surface area contributed by atoms with Crippen molar-refractivity contribution in [2.75, 3.05) is 18.9 Å². The van der Waals surface area contributed by atoms with E-state index in [-0.39, 0.29) is 18.1 Å². The molecule has 0 spiro atoms.